The van der Waals surface area contributed by atoms with Crippen LogP contribution in [0.25, 0.3) is 16.9 Å². The van der Waals surface area contributed by atoms with E-state index in [1.807, 2.05) is 35.1 Å². The highest BCUT2D eigenvalue weighted by Gasteiger charge is 2.18. The molecule has 0 spiro atoms. The average Bonchev–Trinajstić information content (AvgIpc) is 3.29. The van der Waals surface area contributed by atoms with Crippen LogP contribution in [0.15, 0.2) is 65.9 Å². The maximum Gasteiger partial charge on any atom is 0.158 e. The predicted molar refractivity (Wildman–Crippen MR) is 126 cm³/mol. The molecule has 1 aliphatic heterocycles. The van der Waals surface area contributed by atoms with Crippen LogP contribution in [0.4, 0.5) is 5.82 Å². The number of hydrogen-bond acceptors (Lipinski definition) is 6. The Bertz CT molecular complexity index is 1230. The van der Waals surface area contributed by atoms with E-state index in [1.54, 1.807) is 6.20 Å². The minimum Gasteiger partial charge on any atom is -0.378 e. The molecule has 7 nitrogen and oxygen atoms in total. The van der Waals surface area contributed by atoms with E-state index in [9.17, 15) is 0 Å². The molecule has 32 heavy (non-hydrogen) atoms. The lowest BCUT2D eigenvalue weighted by Crippen LogP contribution is -2.37. The van der Waals surface area contributed by atoms with E-state index < -0.39 is 0 Å². The molecule has 4 aromatic rings. The van der Waals surface area contributed by atoms with Crippen molar-refractivity contribution in [3.8, 4) is 11.3 Å². The zero-order valence-corrected chi connectivity index (χ0v) is 18.2. The van der Waals surface area contributed by atoms with Gasteiger partial charge in [-0.25, -0.2) is 4.98 Å². The first-order valence-electron chi connectivity index (χ1n) is 11.0. The van der Waals surface area contributed by atoms with Gasteiger partial charge in [0.15, 0.2) is 5.65 Å². The smallest absolute Gasteiger partial charge is 0.158 e. The number of aromatic nitrogens is 4. The Kier molecular flexibility index (Phi) is 5.89. The molecular formula is C25H26N6O. The summed E-state index contributed by atoms with van der Waals surface area (Å²) in [5, 5.41) is 4.84. The number of hydrogen-bond donors (Lipinski definition) is 0. The summed E-state index contributed by atoms with van der Waals surface area (Å²) in [5.74, 6) is 1.02. The molecule has 1 fully saturated rings. The quantitative estimate of drug-likeness (QED) is 0.439. The van der Waals surface area contributed by atoms with Gasteiger partial charge in [-0.15, -0.1) is 0 Å². The van der Waals surface area contributed by atoms with Crippen LogP contribution in [0, 0.1) is 0 Å². The maximum absolute atomic E-state index is 5.55. The number of anilines is 1. The summed E-state index contributed by atoms with van der Waals surface area (Å²) >= 11 is 0. The second-order valence-electron chi connectivity index (χ2n) is 7.81. The molecule has 162 valence electrons. The van der Waals surface area contributed by atoms with Crippen molar-refractivity contribution in [2.45, 2.75) is 19.9 Å². The summed E-state index contributed by atoms with van der Waals surface area (Å²) in [4.78, 5) is 16.1. The van der Waals surface area contributed by atoms with Crippen LogP contribution in [-0.4, -0.2) is 52.1 Å². The van der Waals surface area contributed by atoms with Crippen molar-refractivity contribution in [1.82, 2.24) is 19.6 Å². The molecule has 0 amide bonds. The highest BCUT2D eigenvalue weighted by Crippen LogP contribution is 2.24. The van der Waals surface area contributed by atoms with Gasteiger partial charge in [0.05, 0.1) is 31.1 Å². The molecule has 0 atom stereocenters. The lowest BCUT2D eigenvalue weighted by molar-refractivity contribution is 0.122. The third-order valence-corrected chi connectivity index (χ3v) is 5.61. The fraction of sp³-hybridized carbons (Fsp3) is 0.280. The van der Waals surface area contributed by atoms with Crippen LogP contribution in [0.5, 0.6) is 0 Å². The van der Waals surface area contributed by atoms with Gasteiger partial charge < -0.3 is 9.64 Å². The number of aliphatic imine (C=N–C) groups is 1. The van der Waals surface area contributed by atoms with E-state index in [1.165, 1.54) is 5.56 Å². The van der Waals surface area contributed by atoms with Crippen LogP contribution in [0.1, 0.15) is 23.7 Å². The second kappa shape index (κ2) is 9.28. The lowest BCUT2D eigenvalue weighted by Gasteiger charge is -2.29. The highest BCUT2D eigenvalue weighted by atomic mass is 16.5. The van der Waals surface area contributed by atoms with E-state index in [0.717, 1.165) is 53.5 Å². The standard InChI is InChI=1S/C25H26N6O/c1-2-19-5-3-6-20(13-19)16-27-18-22-14-25(30-9-11-32-12-10-30)31-24(28-22)15-23(29-31)21-7-4-8-26-17-21/h3-8,13-17H,2,9-12,18H2,1H3. The molecule has 1 saturated heterocycles. The number of morpholine rings is 1. The van der Waals surface area contributed by atoms with E-state index in [-0.39, 0.29) is 0 Å². The van der Waals surface area contributed by atoms with E-state index in [0.29, 0.717) is 19.8 Å². The maximum atomic E-state index is 5.55. The molecule has 0 aliphatic carbocycles. The van der Waals surface area contributed by atoms with Gasteiger partial charge in [-0.05, 0) is 29.7 Å². The van der Waals surface area contributed by atoms with Gasteiger partial charge >= 0.3 is 0 Å². The molecule has 1 aromatic carbocycles. The monoisotopic (exact) mass is 426 g/mol. The third kappa shape index (κ3) is 4.38. The summed E-state index contributed by atoms with van der Waals surface area (Å²) in [7, 11) is 0. The number of rotatable bonds is 6. The molecule has 3 aromatic heterocycles. The number of pyridine rings is 1. The van der Waals surface area contributed by atoms with Gasteiger partial charge in [0.1, 0.15) is 5.82 Å². The SMILES string of the molecule is CCc1cccc(C=NCc2cc(N3CCOCC3)n3nc(-c4cccnc4)cc3n2)c1. The average molecular weight is 427 g/mol. The zero-order valence-electron chi connectivity index (χ0n) is 18.2. The van der Waals surface area contributed by atoms with Gasteiger partial charge in [0.2, 0.25) is 0 Å². The first-order valence-corrected chi connectivity index (χ1v) is 11.0. The third-order valence-electron chi connectivity index (χ3n) is 5.61. The summed E-state index contributed by atoms with van der Waals surface area (Å²) in [6.45, 7) is 5.75. The van der Waals surface area contributed by atoms with Crippen LogP contribution in [0.3, 0.4) is 0 Å². The fourth-order valence-electron chi connectivity index (χ4n) is 3.90. The number of ether oxygens (including phenoxy) is 1. The van der Waals surface area contributed by atoms with Crippen molar-refractivity contribution in [2.75, 3.05) is 31.2 Å². The number of benzene rings is 1. The highest BCUT2D eigenvalue weighted by molar-refractivity contribution is 5.79. The Morgan fingerprint density at radius 3 is 2.81 bits per heavy atom. The second-order valence-corrected chi connectivity index (χ2v) is 7.81. The first kappa shape index (κ1) is 20.3. The van der Waals surface area contributed by atoms with Gasteiger partial charge in [-0.2, -0.15) is 9.61 Å². The topological polar surface area (TPSA) is 67.9 Å². The van der Waals surface area contributed by atoms with E-state index in [4.69, 9.17) is 14.8 Å². The Morgan fingerprint density at radius 1 is 1.09 bits per heavy atom. The minimum absolute atomic E-state index is 0.512. The number of nitrogens with zero attached hydrogens (tertiary/aromatic N) is 6. The summed E-state index contributed by atoms with van der Waals surface area (Å²) in [6, 6.07) is 16.5. The summed E-state index contributed by atoms with van der Waals surface area (Å²) < 4.78 is 7.47. The molecule has 0 radical (unpaired) electrons. The van der Waals surface area contributed by atoms with Gasteiger partial charge in [-0.1, -0.05) is 31.2 Å². The molecule has 0 N–H and O–H groups in total. The Balaban J connectivity index is 1.48. The van der Waals surface area contributed by atoms with Crippen molar-refractivity contribution in [2.24, 2.45) is 4.99 Å². The van der Waals surface area contributed by atoms with Crippen LogP contribution >= 0.6 is 0 Å². The van der Waals surface area contributed by atoms with E-state index >= 15 is 0 Å². The molecule has 0 saturated carbocycles. The Hall–Kier alpha value is -3.58. The normalized spacial score (nSPS) is 14.5. The van der Waals surface area contributed by atoms with Gasteiger partial charge in [0, 0.05) is 49.4 Å². The fourth-order valence-corrected chi connectivity index (χ4v) is 3.90. The molecule has 0 unspecified atom stereocenters. The number of fused-ring (bicyclic) bond motifs is 1. The number of aryl methyl sites for hydroxylation is 1. The molecule has 5 rings (SSSR count). The zero-order chi connectivity index (χ0) is 21.8. The van der Waals surface area contributed by atoms with Crippen molar-refractivity contribution in [3.05, 3.63) is 77.7 Å². The molecule has 7 heteroatoms. The molecule has 0 bridgehead atoms. The van der Waals surface area contributed by atoms with Gasteiger partial charge in [0.25, 0.3) is 0 Å². The van der Waals surface area contributed by atoms with Crippen molar-refractivity contribution >= 4 is 17.7 Å². The van der Waals surface area contributed by atoms with Crippen molar-refractivity contribution in [1.29, 1.82) is 0 Å². The van der Waals surface area contributed by atoms with E-state index in [2.05, 4.69) is 52.1 Å². The minimum atomic E-state index is 0.512. The Morgan fingerprint density at radius 2 is 2.00 bits per heavy atom. The van der Waals surface area contributed by atoms with Crippen molar-refractivity contribution in [3.63, 3.8) is 0 Å². The molecular weight excluding hydrogens is 400 g/mol. The first-order chi connectivity index (χ1) is 15.8. The summed E-state index contributed by atoms with van der Waals surface area (Å²) in [5.41, 5.74) is 5.98. The molecule has 1 aliphatic rings. The Labute approximate surface area is 187 Å². The predicted octanol–water partition coefficient (Wildman–Crippen LogP) is 3.81. The largest absolute Gasteiger partial charge is 0.378 e. The van der Waals surface area contributed by atoms with Crippen molar-refractivity contribution < 1.29 is 4.74 Å². The lowest BCUT2D eigenvalue weighted by atomic mass is 10.1. The molecule has 4 heterocycles. The van der Waals surface area contributed by atoms with Gasteiger partial charge in [-0.3, -0.25) is 9.98 Å². The van der Waals surface area contributed by atoms with Crippen LogP contribution in [0.2, 0.25) is 0 Å². The van der Waals surface area contributed by atoms with Crippen LogP contribution in [-0.2, 0) is 17.7 Å². The van der Waals surface area contributed by atoms with Crippen LogP contribution < -0.4 is 4.90 Å². The summed E-state index contributed by atoms with van der Waals surface area (Å²) in [6.07, 6.45) is 6.54.